The summed E-state index contributed by atoms with van der Waals surface area (Å²) in [4.78, 5) is 31.0. The lowest BCUT2D eigenvalue weighted by molar-refractivity contribution is -0.139. The summed E-state index contributed by atoms with van der Waals surface area (Å²) in [6.07, 6.45) is 3.07. The molecule has 0 saturated carbocycles. The number of pyridine rings is 1. The fraction of sp³-hybridized carbons (Fsp3) is 0.0588. The van der Waals surface area contributed by atoms with Crippen molar-refractivity contribution in [2.45, 2.75) is 0 Å². The van der Waals surface area contributed by atoms with E-state index in [1.54, 1.807) is 41.9 Å². The Labute approximate surface area is 147 Å². The van der Waals surface area contributed by atoms with Crippen molar-refractivity contribution in [3.8, 4) is 17.0 Å². The number of anilines is 1. The number of benzene rings is 1. The van der Waals surface area contributed by atoms with Gasteiger partial charge in [-0.05, 0) is 24.3 Å². The summed E-state index contributed by atoms with van der Waals surface area (Å²) in [6.45, 7) is -0.410. The van der Waals surface area contributed by atoms with Gasteiger partial charge in [0.25, 0.3) is 5.91 Å². The van der Waals surface area contributed by atoms with Crippen molar-refractivity contribution in [2.24, 2.45) is 0 Å². The first kappa shape index (κ1) is 16.6. The molecule has 2 aromatic heterocycles. The molecule has 0 fully saturated rings. The first-order chi connectivity index (χ1) is 12.1. The molecule has 0 aliphatic heterocycles. The average molecular weight is 355 g/mol. The molecular weight excluding hydrogens is 342 g/mol. The molecular formula is C17H13N3O4S. The number of carboxylic acid groups (broad SMARTS) is 1. The van der Waals surface area contributed by atoms with Crippen LogP contribution in [0.4, 0.5) is 5.13 Å². The number of ether oxygens (including phenoxy) is 1. The molecule has 0 aliphatic rings. The lowest BCUT2D eigenvalue weighted by Crippen LogP contribution is -2.11. The fourth-order valence-corrected chi connectivity index (χ4v) is 2.74. The van der Waals surface area contributed by atoms with Gasteiger partial charge in [-0.3, -0.25) is 15.1 Å². The molecule has 0 atom stereocenters. The van der Waals surface area contributed by atoms with E-state index >= 15 is 0 Å². The molecule has 8 heteroatoms. The molecule has 1 aromatic carbocycles. The second-order valence-corrected chi connectivity index (χ2v) is 5.80. The topological polar surface area (TPSA) is 101 Å². The second kappa shape index (κ2) is 7.54. The van der Waals surface area contributed by atoms with Gasteiger partial charge in [-0.2, -0.15) is 0 Å². The van der Waals surface area contributed by atoms with E-state index in [0.717, 1.165) is 5.56 Å². The normalized spacial score (nSPS) is 10.2. The highest BCUT2D eigenvalue weighted by Gasteiger charge is 2.10. The van der Waals surface area contributed by atoms with Gasteiger partial charge in [0, 0.05) is 23.3 Å². The zero-order chi connectivity index (χ0) is 17.6. The van der Waals surface area contributed by atoms with Crippen molar-refractivity contribution in [3.05, 3.63) is 59.7 Å². The number of aromatic nitrogens is 2. The Kier molecular flexibility index (Phi) is 5.00. The van der Waals surface area contributed by atoms with Gasteiger partial charge in [0.1, 0.15) is 5.75 Å². The zero-order valence-corrected chi connectivity index (χ0v) is 13.7. The maximum atomic E-state index is 12.1. The zero-order valence-electron chi connectivity index (χ0n) is 12.9. The van der Waals surface area contributed by atoms with Crippen LogP contribution in [0.2, 0.25) is 0 Å². The molecule has 0 spiro atoms. The van der Waals surface area contributed by atoms with Crippen molar-refractivity contribution >= 4 is 28.3 Å². The van der Waals surface area contributed by atoms with Crippen molar-refractivity contribution < 1.29 is 19.4 Å². The monoisotopic (exact) mass is 355 g/mol. The molecule has 2 heterocycles. The number of amides is 1. The van der Waals surface area contributed by atoms with Crippen molar-refractivity contribution in [1.29, 1.82) is 0 Å². The third-order valence-electron chi connectivity index (χ3n) is 3.14. The molecule has 0 radical (unpaired) electrons. The predicted octanol–water partition coefficient (Wildman–Crippen LogP) is 2.92. The smallest absolute Gasteiger partial charge is 0.341 e. The maximum Gasteiger partial charge on any atom is 0.341 e. The Balaban J connectivity index is 1.72. The largest absolute Gasteiger partial charge is 0.482 e. The number of hydrogen-bond donors (Lipinski definition) is 2. The quantitative estimate of drug-likeness (QED) is 0.705. The van der Waals surface area contributed by atoms with Crippen LogP contribution in [0.15, 0.2) is 54.2 Å². The van der Waals surface area contributed by atoms with Crippen LogP contribution in [0.3, 0.4) is 0 Å². The van der Waals surface area contributed by atoms with E-state index in [1.807, 2.05) is 6.07 Å². The highest BCUT2D eigenvalue weighted by atomic mass is 32.1. The van der Waals surface area contributed by atoms with Crippen LogP contribution in [0.25, 0.3) is 11.3 Å². The molecule has 2 N–H and O–H groups in total. The first-order valence-corrected chi connectivity index (χ1v) is 8.12. The number of thiazole rings is 1. The van der Waals surface area contributed by atoms with E-state index in [-0.39, 0.29) is 5.91 Å². The van der Waals surface area contributed by atoms with Gasteiger partial charge in [-0.1, -0.05) is 12.1 Å². The van der Waals surface area contributed by atoms with E-state index < -0.39 is 12.6 Å². The minimum atomic E-state index is -1.04. The number of carbonyl (C=O) groups is 2. The summed E-state index contributed by atoms with van der Waals surface area (Å²) in [7, 11) is 0. The highest BCUT2D eigenvalue weighted by Crippen LogP contribution is 2.27. The van der Waals surface area contributed by atoms with Crippen molar-refractivity contribution in [3.63, 3.8) is 0 Å². The van der Waals surface area contributed by atoms with Gasteiger partial charge in [0.15, 0.2) is 11.7 Å². The van der Waals surface area contributed by atoms with Crippen LogP contribution in [0, 0.1) is 0 Å². The summed E-state index contributed by atoms with van der Waals surface area (Å²) < 4.78 is 5.16. The lowest BCUT2D eigenvalue weighted by atomic mass is 10.2. The maximum absolute atomic E-state index is 12.1. The van der Waals surface area contributed by atoms with Crippen molar-refractivity contribution in [2.75, 3.05) is 11.9 Å². The van der Waals surface area contributed by atoms with E-state index in [9.17, 15) is 9.59 Å². The van der Waals surface area contributed by atoms with Gasteiger partial charge in [-0.15, -0.1) is 11.3 Å². The van der Waals surface area contributed by atoms with Gasteiger partial charge >= 0.3 is 5.97 Å². The number of aliphatic carboxylic acids is 1. The molecule has 3 aromatic rings. The van der Waals surface area contributed by atoms with E-state index in [0.29, 0.717) is 22.1 Å². The number of carboxylic acids is 1. The molecule has 3 rings (SSSR count). The Morgan fingerprint density at radius 3 is 2.88 bits per heavy atom. The molecule has 7 nitrogen and oxygen atoms in total. The molecule has 25 heavy (non-hydrogen) atoms. The molecule has 0 saturated heterocycles. The molecule has 0 unspecified atom stereocenters. The fourth-order valence-electron chi connectivity index (χ4n) is 2.02. The van der Waals surface area contributed by atoms with Crippen LogP contribution < -0.4 is 10.1 Å². The Bertz CT molecular complexity index is 896. The Morgan fingerprint density at radius 1 is 1.24 bits per heavy atom. The van der Waals surface area contributed by atoms with Crippen LogP contribution in [-0.4, -0.2) is 33.6 Å². The third-order valence-corrected chi connectivity index (χ3v) is 3.90. The number of rotatable bonds is 6. The van der Waals surface area contributed by atoms with Crippen LogP contribution in [0.5, 0.6) is 5.75 Å². The highest BCUT2D eigenvalue weighted by molar-refractivity contribution is 7.14. The van der Waals surface area contributed by atoms with E-state index in [2.05, 4.69) is 15.3 Å². The minimum absolute atomic E-state index is 0.285. The molecule has 0 bridgehead atoms. The third kappa shape index (κ3) is 4.39. The number of nitrogens with zero attached hydrogens (tertiary/aromatic N) is 2. The van der Waals surface area contributed by atoms with Crippen LogP contribution in [0.1, 0.15) is 10.4 Å². The Morgan fingerprint density at radius 2 is 2.12 bits per heavy atom. The van der Waals surface area contributed by atoms with Crippen LogP contribution in [-0.2, 0) is 4.79 Å². The van der Waals surface area contributed by atoms with E-state index in [1.165, 1.54) is 17.5 Å². The number of hydrogen-bond acceptors (Lipinski definition) is 6. The molecule has 1 amide bonds. The Hall–Kier alpha value is -3.26. The summed E-state index contributed by atoms with van der Waals surface area (Å²) in [6, 6.07) is 10.3. The number of carbonyl (C=O) groups excluding carboxylic acids is 1. The van der Waals surface area contributed by atoms with Crippen molar-refractivity contribution in [1.82, 2.24) is 9.97 Å². The second-order valence-electron chi connectivity index (χ2n) is 4.94. The summed E-state index contributed by atoms with van der Waals surface area (Å²) >= 11 is 1.29. The first-order valence-electron chi connectivity index (χ1n) is 7.24. The summed E-state index contributed by atoms with van der Waals surface area (Å²) in [5, 5.41) is 13.6. The minimum Gasteiger partial charge on any atom is -0.482 e. The van der Waals surface area contributed by atoms with Gasteiger partial charge in [-0.25, -0.2) is 9.78 Å². The molecule has 0 aliphatic carbocycles. The SMILES string of the molecule is O=C(O)COc1cccc(-c2csc(NC(=O)c3cccnc3)n2)c1. The van der Waals surface area contributed by atoms with Gasteiger partial charge in [0.05, 0.1) is 11.3 Å². The van der Waals surface area contributed by atoms with E-state index in [4.69, 9.17) is 9.84 Å². The predicted molar refractivity (Wildman–Crippen MR) is 92.9 cm³/mol. The van der Waals surface area contributed by atoms with Gasteiger partial charge < -0.3 is 9.84 Å². The standard InChI is InChI=1S/C17H13N3O4S/c21-15(22)9-24-13-5-1-3-11(7-13)14-10-25-17(19-14)20-16(23)12-4-2-6-18-8-12/h1-8,10H,9H2,(H,21,22)(H,19,20,23). The van der Waals surface area contributed by atoms with Crippen LogP contribution >= 0.6 is 11.3 Å². The molecule has 126 valence electrons. The lowest BCUT2D eigenvalue weighted by Gasteiger charge is -2.04. The van der Waals surface area contributed by atoms with Gasteiger partial charge in [0.2, 0.25) is 0 Å². The average Bonchev–Trinajstić information content (AvgIpc) is 3.09. The summed E-state index contributed by atoms with van der Waals surface area (Å²) in [5.74, 6) is -0.888. The number of nitrogens with one attached hydrogen (secondary N) is 1. The summed E-state index contributed by atoms with van der Waals surface area (Å²) in [5.41, 5.74) is 1.87.